The molecule has 4 aromatic carbocycles. The van der Waals surface area contributed by atoms with Crippen LogP contribution in [0.4, 0.5) is 11.4 Å². The summed E-state index contributed by atoms with van der Waals surface area (Å²) in [4.78, 5) is 45.7. The molecule has 0 radical (unpaired) electrons. The molecule has 196 valence electrons. The molecule has 6 heteroatoms. The van der Waals surface area contributed by atoms with Crippen LogP contribution in [-0.4, -0.2) is 29.6 Å². The molecule has 1 fully saturated rings. The first kappa shape index (κ1) is 24.6. The van der Waals surface area contributed by atoms with E-state index in [-0.39, 0.29) is 17.5 Å². The van der Waals surface area contributed by atoms with Gasteiger partial charge in [0.25, 0.3) is 0 Å². The van der Waals surface area contributed by atoms with Gasteiger partial charge in [0, 0.05) is 27.5 Å². The lowest BCUT2D eigenvalue weighted by molar-refractivity contribution is -0.121. The van der Waals surface area contributed by atoms with Gasteiger partial charge in [-0.2, -0.15) is 0 Å². The predicted octanol–water partition coefficient (Wildman–Crippen LogP) is 6.50. The zero-order chi connectivity index (χ0) is 27.6. The molecule has 1 spiro atoms. The topological polar surface area (TPSA) is 66.5 Å². The molecule has 0 aromatic heterocycles. The highest BCUT2D eigenvalue weighted by Crippen LogP contribution is 2.58. The van der Waals surface area contributed by atoms with Gasteiger partial charge in [-0.25, -0.2) is 0 Å². The van der Waals surface area contributed by atoms with Gasteiger partial charge < -0.3 is 10.2 Å². The van der Waals surface area contributed by atoms with Crippen molar-refractivity contribution in [3.8, 4) is 0 Å². The Kier molecular flexibility index (Phi) is 5.55. The number of ketones is 2. The maximum Gasteiger partial charge on any atom is 0.238 e. The van der Waals surface area contributed by atoms with E-state index in [1.807, 2.05) is 84.6 Å². The minimum Gasteiger partial charge on any atom is -0.352 e. The number of nitrogens with zero attached hydrogens (tertiary/aromatic N) is 1. The van der Waals surface area contributed by atoms with E-state index in [1.54, 1.807) is 36.4 Å². The highest BCUT2D eigenvalue weighted by molar-refractivity contribution is 6.30. The van der Waals surface area contributed by atoms with Crippen LogP contribution in [-0.2, 0) is 10.2 Å². The van der Waals surface area contributed by atoms with Crippen molar-refractivity contribution in [1.82, 2.24) is 0 Å². The van der Waals surface area contributed by atoms with E-state index in [4.69, 9.17) is 11.6 Å². The summed E-state index contributed by atoms with van der Waals surface area (Å²) in [7, 11) is 0. The van der Waals surface area contributed by atoms with E-state index in [2.05, 4.69) is 5.32 Å². The highest BCUT2D eigenvalue weighted by atomic mass is 35.5. The first-order chi connectivity index (χ1) is 19.4. The molecule has 3 aliphatic rings. The number of aryl methyl sites for hydroxylation is 1. The molecule has 5 nitrogen and oxygen atoms in total. The van der Waals surface area contributed by atoms with E-state index in [1.165, 1.54) is 0 Å². The summed E-state index contributed by atoms with van der Waals surface area (Å²) < 4.78 is 0. The first-order valence-corrected chi connectivity index (χ1v) is 13.7. The number of anilines is 2. The first-order valence-electron chi connectivity index (χ1n) is 13.3. The fourth-order valence-electron chi connectivity index (χ4n) is 6.84. The van der Waals surface area contributed by atoms with Gasteiger partial charge in [0.15, 0.2) is 11.6 Å². The Morgan fingerprint density at radius 1 is 0.850 bits per heavy atom. The number of halogens is 1. The molecule has 0 saturated carbocycles. The average molecular weight is 545 g/mol. The summed E-state index contributed by atoms with van der Waals surface area (Å²) in [5.41, 5.74) is 3.76. The molecular formula is C34H25ClN2O3. The van der Waals surface area contributed by atoms with Crippen LogP contribution in [0.25, 0.3) is 6.08 Å². The molecule has 4 atom stereocenters. The molecule has 1 saturated heterocycles. The third-order valence-corrected chi connectivity index (χ3v) is 8.78. The number of carbonyl (C=O) groups excluding carboxylic acids is 3. The quantitative estimate of drug-likeness (QED) is 0.298. The highest BCUT2D eigenvalue weighted by Gasteiger charge is 2.70. The molecule has 7 rings (SSSR count). The molecule has 0 unspecified atom stereocenters. The lowest BCUT2D eigenvalue weighted by atomic mass is 9.64. The lowest BCUT2D eigenvalue weighted by Gasteiger charge is -2.37. The van der Waals surface area contributed by atoms with Crippen LogP contribution in [0.3, 0.4) is 0 Å². The molecule has 4 aromatic rings. The standard InChI is InChI=1S/C34H25ClN2O3/c1-20-11-12-21-15-18-28-34(25-9-5-6-10-26(25)36-33(34)40)29(31(38)23-13-16-24(35)17-14-23)30(37(28)27(21)19-20)32(39)22-7-3-2-4-8-22/h2-19,28-30H,1H3,(H,36,40)/t28-,29-,30+,34+/m1/s1. The Hall–Kier alpha value is -4.48. The Balaban J connectivity index is 1.55. The molecule has 40 heavy (non-hydrogen) atoms. The van der Waals surface area contributed by atoms with Crippen molar-refractivity contribution in [1.29, 1.82) is 0 Å². The molecule has 3 heterocycles. The second-order valence-corrected chi connectivity index (χ2v) is 11.1. The van der Waals surface area contributed by atoms with E-state index in [0.29, 0.717) is 21.8 Å². The number of hydrogen-bond donors (Lipinski definition) is 1. The van der Waals surface area contributed by atoms with Gasteiger partial charge in [-0.1, -0.05) is 84.4 Å². The third kappa shape index (κ3) is 3.37. The fraction of sp³-hybridized carbons (Fsp3) is 0.147. The van der Waals surface area contributed by atoms with E-state index >= 15 is 0 Å². The Morgan fingerprint density at radius 2 is 1.55 bits per heavy atom. The van der Waals surface area contributed by atoms with Crippen molar-refractivity contribution in [3.05, 3.63) is 136 Å². The predicted molar refractivity (Wildman–Crippen MR) is 157 cm³/mol. The second-order valence-electron chi connectivity index (χ2n) is 10.7. The summed E-state index contributed by atoms with van der Waals surface area (Å²) in [6.07, 6.45) is 3.99. The maximum absolute atomic E-state index is 14.7. The van der Waals surface area contributed by atoms with Crippen LogP contribution in [0, 0.1) is 12.8 Å². The number of Topliss-reactive ketones (excluding diaryl/α,β-unsaturated/α-hetero) is 2. The summed E-state index contributed by atoms with van der Waals surface area (Å²) in [6.45, 7) is 2.00. The second kappa shape index (κ2) is 9.04. The summed E-state index contributed by atoms with van der Waals surface area (Å²) in [5, 5.41) is 3.56. The van der Waals surface area contributed by atoms with Crippen molar-refractivity contribution in [2.24, 2.45) is 5.92 Å². The molecular weight excluding hydrogens is 520 g/mol. The van der Waals surface area contributed by atoms with Gasteiger partial charge in [-0.05, 0) is 60.0 Å². The van der Waals surface area contributed by atoms with Crippen LogP contribution in [0.15, 0.2) is 103 Å². The molecule has 1 N–H and O–H groups in total. The van der Waals surface area contributed by atoms with E-state index < -0.39 is 23.4 Å². The molecule has 0 aliphatic carbocycles. The van der Waals surface area contributed by atoms with Crippen LogP contribution >= 0.6 is 11.6 Å². The number of carbonyl (C=O) groups is 3. The van der Waals surface area contributed by atoms with E-state index in [0.717, 1.165) is 22.4 Å². The normalized spacial score (nSPS) is 23.9. The van der Waals surface area contributed by atoms with Crippen molar-refractivity contribution in [2.75, 3.05) is 10.2 Å². The Morgan fingerprint density at radius 3 is 2.33 bits per heavy atom. The summed E-state index contributed by atoms with van der Waals surface area (Å²) >= 11 is 6.17. The fourth-order valence-corrected chi connectivity index (χ4v) is 6.97. The molecule has 1 amide bonds. The number of para-hydroxylation sites is 1. The van der Waals surface area contributed by atoms with Crippen LogP contribution in [0.5, 0.6) is 0 Å². The van der Waals surface area contributed by atoms with Gasteiger partial charge >= 0.3 is 0 Å². The van der Waals surface area contributed by atoms with Gasteiger partial charge in [-0.3, -0.25) is 14.4 Å². The summed E-state index contributed by atoms with van der Waals surface area (Å²) in [6, 6.07) is 27.8. The maximum atomic E-state index is 14.7. The zero-order valence-electron chi connectivity index (χ0n) is 21.7. The van der Waals surface area contributed by atoms with Crippen LogP contribution in [0.2, 0.25) is 5.02 Å². The van der Waals surface area contributed by atoms with Crippen molar-refractivity contribution >= 4 is 46.5 Å². The Labute approximate surface area is 237 Å². The number of fused-ring (bicyclic) bond motifs is 6. The van der Waals surface area contributed by atoms with Crippen molar-refractivity contribution in [2.45, 2.75) is 24.4 Å². The minimum atomic E-state index is -1.33. The monoisotopic (exact) mass is 544 g/mol. The minimum absolute atomic E-state index is 0.199. The number of benzene rings is 4. The van der Waals surface area contributed by atoms with E-state index in [9.17, 15) is 14.4 Å². The number of amides is 1. The average Bonchev–Trinajstić information content (AvgIpc) is 3.45. The Bertz CT molecular complexity index is 1730. The number of nitrogens with one attached hydrogen (secondary N) is 1. The zero-order valence-corrected chi connectivity index (χ0v) is 22.4. The largest absolute Gasteiger partial charge is 0.352 e. The lowest BCUT2D eigenvalue weighted by Crippen LogP contribution is -2.51. The van der Waals surface area contributed by atoms with Crippen molar-refractivity contribution in [3.63, 3.8) is 0 Å². The number of hydrogen-bond acceptors (Lipinski definition) is 4. The SMILES string of the molecule is Cc1ccc2c(c1)N1[C@H](C(=O)c3ccccc3)[C@H](C(=O)c3ccc(Cl)cc3)[C@@]3(C(=O)Nc4ccccc43)[C@H]1C=C2. The molecule has 0 bridgehead atoms. The third-order valence-electron chi connectivity index (χ3n) is 8.53. The van der Waals surface area contributed by atoms with Gasteiger partial charge in [0.05, 0.1) is 12.0 Å². The van der Waals surface area contributed by atoms with Crippen molar-refractivity contribution < 1.29 is 14.4 Å². The van der Waals surface area contributed by atoms with Gasteiger partial charge in [0.2, 0.25) is 5.91 Å². The smallest absolute Gasteiger partial charge is 0.238 e. The number of rotatable bonds is 4. The summed E-state index contributed by atoms with van der Waals surface area (Å²) in [5.74, 6) is -1.75. The van der Waals surface area contributed by atoms with Gasteiger partial charge in [-0.15, -0.1) is 0 Å². The van der Waals surface area contributed by atoms with Crippen LogP contribution in [0.1, 0.15) is 37.4 Å². The molecule has 3 aliphatic heterocycles. The van der Waals surface area contributed by atoms with Crippen LogP contribution < -0.4 is 10.2 Å². The van der Waals surface area contributed by atoms with Gasteiger partial charge in [0.1, 0.15) is 11.5 Å².